The minimum absolute atomic E-state index is 0.0480. The van der Waals surface area contributed by atoms with Crippen molar-refractivity contribution in [2.45, 2.75) is 32.5 Å². The number of nitrogens with zero attached hydrogens (tertiary/aromatic N) is 6. The molecule has 2 aliphatic rings. The molecule has 0 radical (unpaired) electrons. The van der Waals surface area contributed by atoms with Crippen LogP contribution in [0.1, 0.15) is 51.7 Å². The summed E-state index contributed by atoms with van der Waals surface area (Å²) in [5, 5.41) is 8.91. The second-order valence-electron chi connectivity index (χ2n) is 10.8. The van der Waals surface area contributed by atoms with Gasteiger partial charge in [-0.05, 0) is 74.4 Å². The molecular weight excluding hydrogens is 597 g/mol. The molecule has 0 spiro atoms. The third kappa shape index (κ3) is 5.83. The second kappa shape index (κ2) is 11.9. The average molecular weight is 630 g/mol. The van der Waals surface area contributed by atoms with Gasteiger partial charge in [0.2, 0.25) is 10.0 Å². The lowest BCUT2D eigenvalue weighted by molar-refractivity contribution is 0.0932. The van der Waals surface area contributed by atoms with Crippen molar-refractivity contribution in [3.05, 3.63) is 101 Å². The van der Waals surface area contributed by atoms with E-state index in [9.17, 15) is 22.4 Å². The normalized spacial score (nSPS) is 14.6. The van der Waals surface area contributed by atoms with E-state index in [1.807, 2.05) is 6.07 Å². The number of hydrogen-bond acceptors (Lipinski definition) is 7. The highest BCUT2D eigenvalue weighted by Gasteiger charge is 2.36. The number of halogens is 1. The van der Waals surface area contributed by atoms with Gasteiger partial charge >= 0.3 is 0 Å². The summed E-state index contributed by atoms with van der Waals surface area (Å²) in [6.45, 7) is 1.79. The van der Waals surface area contributed by atoms with Crippen LogP contribution in [0.15, 0.2) is 72.9 Å². The number of hydrogen-bond donors (Lipinski definition) is 1. The van der Waals surface area contributed by atoms with E-state index in [4.69, 9.17) is 0 Å². The first-order valence-electron chi connectivity index (χ1n) is 14.5. The van der Waals surface area contributed by atoms with Gasteiger partial charge in [0.25, 0.3) is 11.8 Å². The van der Waals surface area contributed by atoms with Crippen LogP contribution in [0.25, 0.3) is 23.0 Å². The first-order valence-corrected chi connectivity index (χ1v) is 16.4. The number of pyridine rings is 1. The van der Waals surface area contributed by atoms with Crippen molar-refractivity contribution in [3.8, 4) is 11.3 Å². The maximum absolute atomic E-state index is 13.9. The van der Waals surface area contributed by atoms with E-state index in [-0.39, 0.29) is 30.7 Å². The molecular formula is C32H32FN7O4S. The molecule has 13 heteroatoms. The highest BCUT2D eigenvalue weighted by atomic mass is 32.2. The Morgan fingerprint density at radius 1 is 1.04 bits per heavy atom. The van der Waals surface area contributed by atoms with Crippen LogP contribution in [-0.2, 0) is 16.7 Å². The number of aromatic nitrogens is 3. The molecule has 1 aliphatic heterocycles. The monoisotopic (exact) mass is 629 g/mol. The molecule has 0 saturated heterocycles. The SMILES string of the molecule is CCN(N1Cn2nc(-c3ccc(F)cc3)c(C(=O)NC)c2C=C1c1cccc(C(=O)N(c2ccccn2)C2CC2)c1)S(C)(=O)=O. The molecule has 11 nitrogen and oxygen atoms in total. The van der Waals surface area contributed by atoms with E-state index in [1.165, 1.54) is 35.7 Å². The van der Waals surface area contributed by atoms with Crippen LogP contribution in [-0.4, -0.2) is 70.3 Å². The van der Waals surface area contributed by atoms with Gasteiger partial charge in [-0.1, -0.05) is 18.2 Å². The van der Waals surface area contributed by atoms with Gasteiger partial charge in [-0.2, -0.15) is 5.10 Å². The highest BCUT2D eigenvalue weighted by Crippen LogP contribution is 2.37. The Bertz CT molecular complexity index is 1910. The average Bonchev–Trinajstić information content (AvgIpc) is 3.80. The Morgan fingerprint density at radius 2 is 1.80 bits per heavy atom. The van der Waals surface area contributed by atoms with Crippen LogP contribution < -0.4 is 10.2 Å². The number of nitrogens with one attached hydrogen (secondary N) is 1. The summed E-state index contributed by atoms with van der Waals surface area (Å²) < 4.78 is 42.5. The first-order chi connectivity index (χ1) is 21.6. The molecule has 3 heterocycles. The summed E-state index contributed by atoms with van der Waals surface area (Å²) in [5.41, 5.74) is 2.97. The van der Waals surface area contributed by atoms with Crippen LogP contribution in [0.2, 0.25) is 0 Å². The lowest BCUT2D eigenvalue weighted by Crippen LogP contribution is -2.47. The van der Waals surface area contributed by atoms with Crippen molar-refractivity contribution < 1.29 is 22.4 Å². The molecule has 45 heavy (non-hydrogen) atoms. The molecule has 6 rings (SSSR count). The fourth-order valence-corrected chi connectivity index (χ4v) is 6.51. The number of hydrazine groups is 1. The van der Waals surface area contributed by atoms with Gasteiger partial charge in [-0.15, -0.1) is 4.41 Å². The predicted octanol–water partition coefficient (Wildman–Crippen LogP) is 4.22. The van der Waals surface area contributed by atoms with Gasteiger partial charge in [0.15, 0.2) is 0 Å². The number of benzene rings is 2. The third-order valence-corrected chi connectivity index (χ3v) is 8.96. The molecule has 1 N–H and O–H groups in total. The predicted molar refractivity (Wildman–Crippen MR) is 168 cm³/mol. The lowest BCUT2D eigenvalue weighted by atomic mass is 10.0. The molecule has 2 amide bonds. The molecule has 1 fully saturated rings. The van der Waals surface area contributed by atoms with Crippen molar-refractivity contribution in [3.63, 3.8) is 0 Å². The van der Waals surface area contributed by atoms with Crippen LogP contribution in [0.3, 0.4) is 0 Å². The van der Waals surface area contributed by atoms with Gasteiger partial charge in [-0.25, -0.2) is 22.5 Å². The Hall–Kier alpha value is -4.88. The number of amides is 2. The van der Waals surface area contributed by atoms with Crippen LogP contribution in [0.5, 0.6) is 0 Å². The Balaban J connectivity index is 1.50. The molecule has 4 aromatic rings. The maximum Gasteiger partial charge on any atom is 0.259 e. The van der Waals surface area contributed by atoms with E-state index in [1.54, 1.807) is 70.2 Å². The van der Waals surface area contributed by atoms with Crippen molar-refractivity contribution in [1.82, 2.24) is 29.5 Å². The summed E-state index contributed by atoms with van der Waals surface area (Å²) in [6, 6.07) is 18.1. The largest absolute Gasteiger partial charge is 0.355 e. The zero-order valence-corrected chi connectivity index (χ0v) is 25.8. The van der Waals surface area contributed by atoms with E-state index in [2.05, 4.69) is 15.4 Å². The van der Waals surface area contributed by atoms with Crippen molar-refractivity contribution >= 4 is 39.4 Å². The summed E-state index contributed by atoms with van der Waals surface area (Å²) in [7, 11) is -2.24. The van der Waals surface area contributed by atoms with Gasteiger partial charge in [-0.3, -0.25) is 19.5 Å². The van der Waals surface area contributed by atoms with E-state index in [0.29, 0.717) is 39.6 Å². The molecule has 1 saturated carbocycles. The van der Waals surface area contributed by atoms with Crippen LogP contribution in [0, 0.1) is 5.82 Å². The Labute approximate surface area is 260 Å². The third-order valence-electron chi connectivity index (χ3n) is 7.74. The first kappa shape index (κ1) is 30.2. The maximum atomic E-state index is 13.9. The van der Waals surface area contributed by atoms with Crippen LogP contribution >= 0.6 is 0 Å². The number of sulfonamides is 1. The highest BCUT2D eigenvalue weighted by molar-refractivity contribution is 7.88. The van der Waals surface area contributed by atoms with Crippen molar-refractivity contribution in [2.24, 2.45) is 0 Å². The minimum Gasteiger partial charge on any atom is -0.355 e. The van der Waals surface area contributed by atoms with Crippen molar-refractivity contribution in [2.75, 3.05) is 24.7 Å². The summed E-state index contributed by atoms with van der Waals surface area (Å²) in [5.74, 6) is -0.488. The topological polar surface area (TPSA) is 121 Å². The minimum atomic E-state index is -3.75. The number of fused-ring (bicyclic) bond motifs is 1. The summed E-state index contributed by atoms with van der Waals surface area (Å²) >= 11 is 0. The Kier molecular flexibility index (Phi) is 7.97. The summed E-state index contributed by atoms with van der Waals surface area (Å²) in [4.78, 5) is 33.3. The molecule has 0 bridgehead atoms. The number of rotatable bonds is 9. The van der Waals surface area contributed by atoms with Gasteiger partial charge < -0.3 is 5.32 Å². The smallest absolute Gasteiger partial charge is 0.259 e. The number of carbonyl (C=O) groups is 2. The number of carbonyl (C=O) groups excluding carboxylic acids is 2. The Morgan fingerprint density at radius 3 is 2.42 bits per heavy atom. The zero-order valence-electron chi connectivity index (χ0n) is 25.0. The number of anilines is 1. The standard InChI is InChI=1S/C32H32FN7O4S/c1-4-39(45(3,43)44)38-20-37-27(29(31(41)34-2)30(36-37)21-11-13-24(33)14-12-21)19-26(38)22-8-7-9-23(18-22)32(42)40(25-15-16-25)28-10-5-6-17-35-28/h5-14,17-19,25H,4,15-16,20H2,1-3H3,(H,34,41). The fraction of sp³-hybridized carbons (Fsp3) is 0.250. The van der Waals surface area contributed by atoms with E-state index >= 15 is 0 Å². The van der Waals surface area contributed by atoms with E-state index < -0.39 is 21.7 Å². The van der Waals surface area contributed by atoms with Crippen LogP contribution in [0.4, 0.5) is 10.2 Å². The van der Waals surface area contributed by atoms with Crippen molar-refractivity contribution in [1.29, 1.82) is 0 Å². The quantitative estimate of drug-likeness (QED) is 0.294. The molecule has 0 unspecified atom stereocenters. The fourth-order valence-electron chi connectivity index (χ4n) is 5.54. The molecule has 0 atom stereocenters. The molecule has 232 valence electrons. The van der Waals surface area contributed by atoms with Gasteiger partial charge in [0.05, 0.1) is 23.2 Å². The molecule has 1 aliphatic carbocycles. The lowest BCUT2D eigenvalue weighted by Gasteiger charge is -2.38. The van der Waals surface area contributed by atoms with Gasteiger partial charge in [0, 0.05) is 42.5 Å². The van der Waals surface area contributed by atoms with Gasteiger partial charge in [0.1, 0.15) is 24.0 Å². The molecule has 2 aromatic heterocycles. The van der Waals surface area contributed by atoms with E-state index in [0.717, 1.165) is 19.1 Å². The zero-order chi connectivity index (χ0) is 31.9. The molecule has 2 aromatic carbocycles. The summed E-state index contributed by atoms with van der Waals surface area (Å²) in [6.07, 6.45) is 6.22. The second-order valence-corrected chi connectivity index (χ2v) is 12.7.